The van der Waals surface area contributed by atoms with Crippen LogP contribution in [0, 0.1) is 5.82 Å². The van der Waals surface area contributed by atoms with Gasteiger partial charge in [0.15, 0.2) is 0 Å². The van der Waals surface area contributed by atoms with E-state index in [1.807, 2.05) is 24.3 Å². The van der Waals surface area contributed by atoms with Crippen LogP contribution in [-0.2, 0) is 17.6 Å². The predicted molar refractivity (Wildman–Crippen MR) is 130 cm³/mol. The number of carboxylic acids is 1. The number of hydrogen-bond acceptors (Lipinski definition) is 5. The van der Waals surface area contributed by atoms with Crippen molar-refractivity contribution in [3.8, 4) is 5.69 Å². The normalized spacial score (nSPS) is 16.8. The molecule has 0 bridgehead atoms. The van der Waals surface area contributed by atoms with Crippen LogP contribution in [0.5, 0.6) is 0 Å². The number of hydrogen-bond donors (Lipinski definition) is 2. The van der Waals surface area contributed by atoms with E-state index in [1.165, 1.54) is 18.2 Å². The minimum Gasteiger partial charge on any atom is -0.550 e. The first-order chi connectivity index (χ1) is 16.8. The van der Waals surface area contributed by atoms with E-state index >= 15 is 0 Å². The number of aliphatic hydroxyl groups is 2. The van der Waals surface area contributed by atoms with E-state index in [0.717, 1.165) is 48.2 Å². The molecule has 6 nitrogen and oxygen atoms in total. The molecule has 4 rings (SSSR count). The summed E-state index contributed by atoms with van der Waals surface area (Å²) in [6.45, 7) is 0. The van der Waals surface area contributed by atoms with Gasteiger partial charge in [0.2, 0.25) is 0 Å². The molecule has 1 aliphatic rings. The van der Waals surface area contributed by atoms with Crippen molar-refractivity contribution in [1.82, 2.24) is 9.78 Å². The number of rotatable bonds is 9. The van der Waals surface area contributed by atoms with Crippen molar-refractivity contribution in [3.63, 3.8) is 0 Å². The van der Waals surface area contributed by atoms with Gasteiger partial charge >= 0.3 is 29.6 Å². The van der Waals surface area contributed by atoms with Crippen molar-refractivity contribution in [1.29, 1.82) is 0 Å². The Balaban J connectivity index is 0.00000361. The second kappa shape index (κ2) is 13.0. The van der Waals surface area contributed by atoms with E-state index in [0.29, 0.717) is 10.7 Å². The molecule has 0 amide bonds. The van der Waals surface area contributed by atoms with Crippen LogP contribution < -0.4 is 34.7 Å². The molecule has 0 saturated heterocycles. The fourth-order valence-corrected chi connectivity index (χ4v) is 4.74. The molecular weight excluding hydrogens is 494 g/mol. The van der Waals surface area contributed by atoms with Gasteiger partial charge in [0.25, 0.3) is 0 Å². The van der Waals surface area contributed by atoms with Gasteiger partial charge in [-0.15, -0.1) is 0 Å². The van der Waals surface area contributed by atoms with Crippen molar-refractivity contribution in [3.05, 3.63) is 88.0 Å². The molecule has 1 heterocycles. The molecule has 1 unspecified atom stereocenters. The summed E-state index contributed by atoms with van der Waals surface area (Å²) < 4.78 is 15.3. The summed E-state index contributed by atoms with van der Waals surface area (Å²) in [5.41, 5.74) is 4.68. The summed E-state index contributed by atoms with van der Waals surface area (Å²) >= 11 is 6.04. The van der Waals surface area contributed by atoms with Crippen LogP contribution in [0.2, 0.25) is 5.02 Å². The third kappa shape index (κ3) is 7.28. The summed E-state index contributed by atoms with van der Waals surface area (Å²) in [5, 5.41) is 36.5. The molecule has 0 spiro atoms. The van der Waals surface area contributed by atoms with Gasteiger partial charge in [-0.25, -0.2) is 9.07 Å². The van der Waals surface area contributed by atoms with Crippen LogP contribution >= 0.6 is 11.6 Å². The Bertz CT molecular complexity index is 1200. The molecule has 3 atom stereocenters. The van der Waals surface area contributed by atoms with Gasteiger partial charge < -0.3 is 20.1 Å². The second-order valence-electron chi connectivity index (χ2n) is 8.95. The molecule has 2 N–H and O–H groups in total. The number of carbonyl (C=O) groups is 1. The predicted octanol–water partition coefficient (Wildman–Crippen LogP) is 0.596. The molecule has 0 aliphatic heterocycles. The number of aliphatic hydroxyl groups excluding tert-OH is 2. The Morgan fingerprint density at radius 1 is 1.19 bits per heavy atom. The quantitative estimate of drug-likeness (QED) is 0.403. The summed E-state index contributed by atoms with van der Waals surface area (Å²) in [5.74, 6) is -1.52. The number of carboxylic acid groups (broad SMARTS) is 1. The first kappa shape index (κ1) is 28.6. The molecule has 184 valence electrons. The molecule has 0 saturated carbocycles. The first-order valence-electron chi connectivity index (χ1n) is 11.7. The number of halogens is 2. The molecule has 0 radical (unpaired) electrons. The van der Waals surface area contributed by atoms with Crippen LogP contribution in [0.25, 0.3) is 11.8 Å². The van der Waals surface area contributed by atoms with Gasteiger partial charge in [0.05, 0.1) is 29.3 Å². The van der Waals surface area contributed by atoms with E-state index in [2.05, 4.69) is 0 Å². The smallest absolute Gasteiger partial charge is 0.550 e. The van der Waals surface area contributed by atoms with E-state index in [9.17, 15) is 24.5 Å². The fourth-order valence-electron chi connectivity index (χ4n) is 4.62. The topological polar surface area (TPSA) is 98.4 Å². The van der Waals surface area contributed by atoms with Crippen LogP contribution in [0.4, 0.5) is 4.39 Å². The second-order valence-corrected chi connectivity index (χ2v) is 9.39. The van der Waals surface area contributed by atoms with Gasteiger partial charge in [0.1, 0.15) is 5.82 Å². The standard InChI is InChI=1S/C27H28ClFN2O4.Na/c28-19-6-4-17(5-7-19)14-18-2-1-3-24-25(13-12-22(32)15-23(33)16-26(34)35)31(30-27(18)24)21-10-8-20(29)9-11-21;/h4-13,18,22-23,32-33H,1-3,14-16H2,(H,34,35);/q;+1/p-1/b13-12+;/t18?,22-,23-;/m0./s1. The molecule has 1 aliphatic carbocycles. The Kier molecular flexibility index (Phi) is 10.3. The monoisotopic (exact) mass is 520 g/mol. The van der Waals surface area contributed by atoms with Crippen LogP contribution in [0.15, 0.2) is 54.6 Å². The number of aliphatic carboxylic acids is 1. The van der Waals surface area contributed by atoms with Crippen LogP contribution in [-0.4, -0.2) is 38.2 Å². The molecule has 9 heteroatoms. The Morgan fingerprint density at radius 2 is 1.89 bits per heavy atom. The maximum absolute atomic E-state index is 13.6. The summed E-state index contributed by atoms with van der Waals surface area (Å²) in [6, 6.07) is 13.8. The van der Waals surface area contributed by atoms with Gasteiger partial charge in [-0.3, -0.25) is 0 Å². The summed E-state index contributed by atoms with van der Waals surface area (Å²) in [6.07, 6.45) is 3.93. The molecule has 2 aromatic carbocycles. The van der Waals surface area contributed by atoms with Gasteiger partial charge in [0, 0.05) is 35.3 Å². The Hall–Kier alpha value is -2.00. The van der Waals surface area contributed by atoms with E-state index in [4.69, 9.17) is 16.7 Å². The fraction of sp³-hybridized carbons (Fsp3) is 0.333. The first-order valence-corrected chi connectivity index (χ1v) is 12.0. The minimum absolute atomic E-state index is 0. The SMILES string of the molecule is O=C([O-])C[C@@H](O)C[C@@H](O)/C=C/c1c2c(nn1-c1ccc(F)cc1)C(Cc1ccc(Cl)cc1)CCC2.[Na+]. The van der Waals surface area contributed by atoms with Gasteiger partial charge in [-0.2, -0.15) is 5.10 Å². The van der Waals surface area contributed by atoms with Crippen molar-refractivity contribution >= 4 is 23.6 Å². The summed E-state index contributed by atoms with van der Waals surface area (Å²) in [7, 11) is 0. The Morgan fingerprint density at radius 3 is 2.56 bits per heavy atom. The van der Waals surface area contributed by atoms with Crippen molar-refractivity contribution in [2.24, 2.45) is 0 Å². The number of carbonyl (C=O) groups excluding carboxylic acids is 1. The molecule has 1 aromatic heterocycles. The third-order valence-corrected chi connectivity index (χ3v) is 6.53. The number of fused-ring (bicyclic) bond motifs is 1. The molecule has 36 heavy (non-hydrogen) atoms. The maximum Gasteiger partial charge on any atom is 1.00 e. The zero-order valence-corrected chi connectivity index (χ0v) is 22.9. The summed E-state index contributed by atoms with van der Waals surface area (Å²) in [4.78, 5) is 10.7. The largest absolute Gasteiger partial charge is 1.00 e. The van der Waals surface area contributed by atoms with E-state index in [-0.39, 0.29) is 47.7 Å². The third-order valence-electron chi connectivity index (χ3n) is 6.28. The van der Waals surface area contributed by atoms with Gasteiger partial charge in [-0.05, 0) is 73.7 Å². The minimum atomic E-state index is -1.37. The van der Waals surface area contributed by atoms with E-state index < -0.39 is 24.6 Å². The molecule has 3 aromatic rings. The van der Waals surface area contributed by atoms with E-state index in [1.54, 1.807) is 22.9 Å². The average Bonchev–Trinajstić information content (AvgIpc) is 3.18. The van der Waals surface area contributed by atoms with Crippen molar-refractivity contribution < 1.29 is 54.1 Å². The van der Waals surface area contributed by atoms with Crippen LogP contribution in [0.1, 0.15) is 54.1 Å². The number of aromatic nitrogens is 2. The number of nitrogens with zero attached hydrogens (tertiary/aromatic N) is 2. The number of benzene rings is 2. The maximum atomic E-state index is 13.6. The Labute approximate surface area is 236 Å². The average molecular weight is 521 g/mol. The van der Waals surface area contributed by atoms with Crippen LogP contribution in [0.3, 0.4) is 0 Å². The van der Waals surface area contributed by atoms with Gasteiger partial charge in [-0.1, -0.05) is 29.8 Å². The van der Waals surface area contributed by atoms with Crippen molar-refractivity contribution in [2.75, 3.05) is 0 Å². The molecule has 0 fully saturated rings. The molecular formula is C27H27ClFN2NaO4. The van der Waals surface area contributed by atoms with Crippen molar-refractivity contribution in [2.45, 2.75) is 56.7 Å². The zero-order valence-electron chi connectivity index (χ0n) is 20.1. The zero-order chi connectivity index (χ0) is 24.9.